The quantitative estimate of drug-likeness (QED) is 0.877. The number of benzene rings is 1. The third-order valence-corrected chi connectivity index (χ3v) is 4.24. The molecule has 2 unspecified atom stereocenters. The highest BCUT2D eigenvalue weighted by atomic mass is 35.5. The average molecular weight is 295 g/mol. The molecular weight excluding hydrogens is 272 g/mol. The molecule has 0 bridgehead atoms. The lowest BCUT2D eigenvalue weighted by Crippen LogP contribution is -2.49. The molecule has 4 heteroatoms. The Hall–Kier alpha value is -1.06. The van der Waals surface area contributed by atoms with Gasteiger partial charge in [-0.3, -0.25) is 4.79 Å². The molecule has 0 radical (unpaired) electrons. The second-order valence-electron chi connectivity index (χ2n) is 5.48. The lowest BCUT2D eigenvalue weighted by atomic mass is 9.90. The lowest BCUT2D eigenvalue weighted by Gasteiger charge is -2.28. The maximum absolute atomic E-state index is 12.1. The Morgan fingerprint density at radius 2 is 2.35 bits per heavy atom. The Morgan fingerprint density at radius 1 is 1.50 bits per heavy atom. The van der Waals surface area contributed by atoms with Crippen molar-refractivity contribution in [3.63, 3.8) is 0 Å². The normalized spacial score (nSPS) is 22.5. The predicted octanol–water partition coefficient (Wildman–Crippen LogP) is 2.78. The first-order valence-corrected chi connectivity index (χ1v) is 7.82. The molecule has 1 fully saturated rings. The molecule has 1 amide bonds. The summed E-state index contributed by atoms with van der Waals surface area (Å²) in [7, 11) is 0. The molecule has 110 valence electrons. The molecule has 3 nitrogen and oxygen atoms in total. The van der Waals surface area contributed by atoms with Crippen molar-refractivity contribution >= 4 is 17.5 Å². The highest BCUT2D eigenvalue weighted by molar-refractivity contribution is 6.30. The number of carbonyl (C=O) groups is 1. The van der Waals surface area contributed by atoms with E-state index in [-0.39, 0.29) is 11.9 Å². The van der Waals surface area contributed by atoms with Crippen molar-refractivity contribution in [2.24, 2.45) is 5.92 Å². The van der Waals surface area contributed by atoms with Gasteiger partial charge in [-0.15, -0.1) is 0 Å². The zero-order valence-electron chi connectivity index (χ0n) is 12.0. The van der Waals surface area contributed by atoms with E-state index in [2.05, 4.69) is 17.6 Å². The van der Waals surface area contributed by atoms with Crippen LogP contribution in [0.15, 0.2) is 24.3 Å². The van der Waals surface area contributed by atoms with Gasteiger partial charge in [0.25, 0.3) is 0 Å². The smallest absolute Gasteiger partial charge is 0.237 e. The van der Waals surface area contributed by atoms with E-state index in [0.29, 0.717) is 12.5 Å². The first kappa shape index (κ1) is 15.3. The minimum absolute atomic E-state index is 0.0203. The van der Waals surface area contributed by atoms with Crippen molar-refractivity contribution in [1.29, 1.82) is 0 Å². The van der Waals surface area contributed by atoms with Gasteiger partial charge in [-0.1, -0.05) is 37.1 Å². The molecule has 2 rings (SSSR count). The van der Waals surface area contributed by atoms with Gasteiger partial charge in [0.05, 0.1) is 6.04 Å². The minimum Gasteiger partial charge on any atom is -0.354 e. The number of piperidine rings is 1. The largest absolute Gasteiger partial charge is 0.354 e. The van der Waals surface area contributed by atoms with E-state index in [9.17, 15) is 4.79 Å². The van der Waals surface area contributed by atoms with E-state index in [4.69, 9.17) is 11.6 Å². The Bertz CT molecular complexity index is 450. The first-order chi connectivity index (χ1) is 9.69. The molecule has 2 N–H and O–H groups in total. The van der Waals surface area contributed by atoms with Crippen LogP contribution in [0.2, 0.25) is 5.02 Å². The summed E-state index contributed by atoms with van der Waals surface area (Å²) in [6, 6.07) is 7.76. The van der Waals surface area contributed by atoms with Crippen LogP contribution in [0.1, 0.15) is 31.7 Å². The second kappa shape index (κ2) is 7.65. The highest BCUT2D eigenvalue weighted by Gasteiger charge is 2.25. The molecule has 1 aliphatic heterocycles. The number of amides is 1. The summed E-state index contributed by atoms with van der Waals surface area (Å²) in [5.74, 6) is 0.810. The third kappa shape index (κ3) is 4.50. The SMILES string of the molecule is CCC1CCNC(C(=O)NCCc2cccc(Cl)c2)C1. The summed E-state index contributed by atoms with van der Waals surface area (Å²) >= 11 is 5.94. The summed E-state index contributed by atoms with van der Waals surface area (Å²) in [6.07, 6.45) is 4.12. The molecule has 0 aromatic heterocycles. The average Bonchev–Trinajstić information content (AvgIpc) is 2.47. The van der Waals surface area contributed by atoms with Crippen molar-refractivity contribution in [2.75, 3.05) is 13.1 Å². The van der Waals surface area contributed by atoms with Crippen LogP contribution in [0.4, 0.5) is 0 Å². The van der Waals surface area contributed by atoms with Crippen molar-refractivity contribution in [3.05, 3.63) is 34.9 Å². The van der Waals surface area contributed by atoms with E-state index >= 15 is 0 Å². The van der Waals surface area contributed by atoms with E-state index in [1.165, 1.54) is 6.42 Å². The Balaban J connectivity index is 1.75. The van der Waals surface area contributed by atoms with Crippen LogP contribution >= 0.6 is 11.6 Å². The van der Waals surface area contributed by atoms with E-state index in [1.807, 2.05) is 24.3 Å². The van der Waals surface area contributed by atoms with Crippen molar-refractivity contribution in [2.45, 2.75) is 38.6 Å². The second-order valence-corrected chi connectivity index (χ2v) is 5.91. The molecule has 1 saturated heterocycles. The minimum atomic E-state index is -0.0203. The maximum Gasteiger partial charge on any atom is 0.237 e. The maximum atomic E-state index is 12.1. The van der Waals surface area contributed by atoms with Gasteiger partial charge in [-0.05, 0) is 49.4 Å². The summed E-state index contributed by atoms with van der Waals surface area (Å²) in [5.41, 5.74) is 1.15. The molecule has 0 aliphatic carbocycles. The van der Waals surface area contributed by atoms with Gasteiger partial charge < -0.3 is 10.6 Å². The number of carbonyl (C=O) groups excluding carboxylic acids is 1. The van der Waals surface area contributed by atoms with Gasteiger partial charge in [-0.25, -0.2) is 0 Å². The standard InChI is InChI=1S/C16H23ClN2O/c1-2-12-6-8-18-15(11-12)16(20)19-9-7-13-4-3-5-14(17)10-13/h3-5,10,12,15,18H,2,6-9,11H2,1H3,(H,19,20). The van der Waals surface area contributed by atoms with Crippen molar-refractivity contribution < 1.29 is 4.79 Å². The Labute approximate surface area is 126 Å². The third-order valence-electron chi connectivity index (χ3n) is 4.01. The molecular formula is C16H23ClN2O. The number of hydrogen-bond donors (Lipinski definition) is 2. The molecule has 0 spiro atoms. The molecule has 1 aromatic rings. The molecule has 1 aliphatic rings. The fourth-order valence-electron chi connectivity index (χ4n) is 2.71. The van der Waals surface area contributed by atoms with Gasteiger partial charge in [0, 0.05) is 11.6 Å². The van der Waals surface area contributed by atoms with Gasteiger partial charge in [0.15, 0.2) is 0 Å². The van der Waals surface area contributed by atoms with Crippen LogP contribution in [0.3, 0.4) is 0 Å². The zero-order chi connectivity index (χ0) is 14.4. The van der Waals surface area contributed by atoms with Crippen LogP contribution in [-0.2, 0) is 11.2 Å². The molecule has 2 atom stereocenters. The van der Waals surface area contributed by atoms with Crippen LogP contribution in [0, 0.1) is 5.92 Å². The fraction of sp³-hybridized carbons (Fsp3) is 0.562. The topological polar surface area (TPSA) is 41.1 Å². The van der Waals surface area contributed by atoms with Crippen LogP contribution < -0.4 is 10.6 Å². The Morgan fingerprint density at radius 3 is 3.10 bits per heavy atom. The van der Waals surface area contributed by atoms with Crippen LogP contribution in [0.5, 0.6) is 0 Å². The summed E-state index contributed by atoms with van der Waals surface area (Å²) in [4.78, 5) is 12.1. The zero-order valence-corrected chi connectivity index (χ0v) is 12.7. The summed E-state index contributed by atoms with van der Waals surface area (Å²) in [6.45, 7) is 3.81. The number of rotatable bonds is 5. The highest BCUT2D eigenvalue weighted by Crippen LogP contribution is 2.19. The number of halogens is 1. The summed E-state index contributed by atoms with van der Waals surface area (Å²) in [5, 5.41) is 7.07. The van der Waals surface area contributed by atoms with Crippen LogP contribution in [-0.4, -0.2) is 25.0 Å². The Kier molecular flexibility index (Phi) is 5.86. The monoisotopic (exact) mass is 294 g/mol. The summed E-state index contributed by atoms with van der Waals surface area (Å²) < 4.78 is 0. The lowest BCUT2D eigenvalue weighted by molar-refractivity contribution is -0.124. The van der Waals surface area contributed by atoms with Gasteiger partial charge >= 0.3 is 0 Å². The van der Waals surface area contributed by atoms with Gasteiger partial charge in [0.2, 0.25) is 5.91 Å². The molecule has 1 aromatic carbocycles. The van der Waals surface area contributed by atoms with Crippen molar-refractivity contribution in [1.82, 2.24) is 10.6 Å². The van der Waals surface area contributed by atoms with E-state index in [1.54, 1.807) is 0 Å². The molecule has 0 saturated carbocycles. The van der Waals surface area contributed by atoms with E-state index in [0.717, 1.165) is 36.4 Å². The van der Waals surface area contributed by atoms with Gasteiger partial charge in [0.1, 0.15) is 0 Å². The predicted molar refractivity (Wildman–Crippen MR) is 83.0 cm³/mol. The molecule has 20 heavy (non-hydrogen) atoms. The fourth-order valence-corrected chi connectivity index (χ4v) is 2.93. The van der Waals surface area contributed by atoms with Crippen LogP contribution in [0.25, 0.3) is 0 Å². The molecule has 1 heterocycles. The number of hydrogen-bond acceptors (Lipinski definition) is 2. The van der Waals surface area contributed by atoms with Gasteiger partial charge in [-0.2, -0.15) is 0 Å². The van der Waals surface area contributed by atoms with E-state index < -0.39 is 0 Å². The first-order valence-electron chi connectivity index (χ1n) is 7.44. The van der Waals surface area contributed by atoms with Crippen molar-refractivity contribution in [3.8, 4) is 0 Å². The number of nitrogens with one attached hydrogen (secondary N) is 2.